The smallest absolute Gasteiger partial charge is 0.251 e. The Bertz CT molecular complexity index is 1200. The number of aromatic nitrogens is 3. The maximum atomic E-state index is 15.3. The normalized spacial score (nSPS) is 11.0. The molecule has 1 aromatic carbocycles. The first-order chi connectivity index (χ1) is 16.3. The molecule has 3 aromatic rings. The molecule has 1 amide bonds. The molecule has 0 aliphatic rings. The van der Waals surface area contributed by atoms with Gasteiger partial charge in [0.05, 0.1) is 34.8 Å². The van der Waals surface area contributed by atoms with Gasteiger partial charge in [-0.3, -0.25) is 14.6 Å². The molecule has 0 aliphatic heterocycles. The molecule has 3 rings (SSSR count). The molecular weight excluding hydrogens is 463 g/mol. The Labute approximate surface area is 201 Å². The zero-order valence-corrected chi connectivity index (χ0v) is 19.9. The maximum absolute atomic E-state index is 15.3. The Kier molecular flexibility index (Phi) is 8.72. The van der Waals surface area contributed by atoms with Crippen LogP contribution in [0.2, 0.25) is 5.02 Å². The molecule has 0 spiro atoms. The van der Waals surface area contributed by atoms with Crippen molar-refractivity contribution in [2.24, 2.45) is 5.92 Å². The predicted octanol–water partition coefficient (Wildman–Crippen LogP) is 3.98. The number of halogens is 2. The average molecular weight is 489 g/mol. The van der Waals surface area contributed by atoms with E-state index in [0.717, 1.165) is 0 Å². The zero-order valence-electron chi connectivity index (χ0n) is 19.2. The molecule has 180 valence electrons. The van der Waals surface area contributed by atoms with Gasteiger partial charge in [0.15, 0.2) is 0 Å². The average Bonchev–Trinajstić information content (AvgIpc) is 2.81. The lowest BCUT2D eigenvalue weighted by atomic mass is 10.1. The van der Waals surface area contributed by atoms with E-state index < -0.39 is 11.4 Å². The second kappa shape index (κ2) is 11.7. The van der Waals surface area contributed by atoms with E-state index in [9.17, 15) is 9.59 Å². The number of nitrogens with zero attached hydrogens (tertiary/aromatic N) is 2. The Hall–Kier alpha value is -3.30. The minimum absolute atomic E-state index is 0.0246. The number of ether oxygens (including phenoxy) is 2. The van der Waals surface area contributed by atoms with Crippen molar-refractivity contribution >= 4 is 17.5 Å². The van der Waals surface area contributed by atoms with Gasteiger partial charge in [0.2, 0.25) is 5.91 Å². The van der Waals surface area contributed by atoms with E-state index in [2.05, 4.69) is 20.3 Å². The lowest BCUT2D eigenvalue weighted by Gasteiger charge is -2.13. The maximum Gasteiger partial charge on any atom is 0.251 e. The number of rotatable bonds is 10. The molecule has 10 heteroatoms. The number of carbonyl (C=O) groups is 1. The molecule has 2 heterocycles. The first-order valence-electron chi connectivity index (χ1n) is 10.8. The van der Waals surface area contributed by atoms with Gasteiger partial charge in [-0.15, -0.1) is 0 Å². The molecule has 34 heavy (non-hydrogen) atoms. The highest BCUT2D eigenvalue weighted by molar-refractivity contribution is 6.33. The van der Waals surface area contributed by atoms with Crippen LogP contribution in [0.3, 0.4) is 0 Å². The molecule has 0 bridgehead atoms. The molecule has 0 fully saturated rings. The highest BCUT2D eigenvalue weighted by Gasteiger charge is 2.19. The van der Waals surface area contributed by atoms with Crippen LogP contribution in [0.25, 0.3) is 22.8 Å². The van der Waals surface area contributed by atoms with Gasteiger partial charge in [0, 0.05) is 30.7 Å². The topological polar surface area (TPSA) is 106 Å². The number of aromatic amines is 1. The first kappa shape index (κ1) is 25.3. The van der Waals surface area contributed by atoms with Crippen LogP contribution in [-0.2, 0) is 16.1 Å². The Morgan fingerprint density at radius 3 is 2.68 bits per heavy atom. The fraction of sp³-hybridized carbons (Fsp3) is 0.333. The monoisotopic (exact) mass is 488 g/mol. The minimum atomic E-state index is -0.678. The van der Waals surface area contributed by atoms with Crippen molar-refractivity contribution in [2.75, 3.05) is 19.8 Å². The van der Waals surface area contributed by atoms with Gasteiger partial charge in [0.25, 0.3) is 5.56 Å². The molecule has 0 saturated heterocycles. The van der Waals surface area contributed by atoms with Crippen molar-refractivity contribution in [2.45, 2.75) is 27.3 Å². The highest BCUT2D eigenvalue weighted by Crippen LogP contribution is 2.31. The predicted molar refractivity (Wildman–Crippen MR) is 127 cm³/mol. The molecule has 0 aliphatic carbocycles. The van der Waals surface area contributed by atoms with Crippen LogP contribution in [0.4, 0.5) is 4.39 Å². The molecule has 2 N–H and O–H groups in total. The standard InChI is InChI=1S/C24H26ClFN4O4/c1-4-33-9-10-34-16-6-8-18(27-13-16)19-11-20(31)30-23(29-19)21-17(25)7-5-15(22(21)26)12-28-24(32)14(2)3/h5-8,11,13-14H,4,9-10,12H2,1-3H3,(H,28,32)(H,29,30,31). The SMILES string of the molecule is CCOCCOc1ccc(-c2cc(=O)[nH]c(-c3c(Cl)ccc(CNC(=O)C(C)C)c3F)n2)nc1. The van der Waals surface area contributed by atoms with E-state index in [0.29, 0.717) is 31.3 Å². The molecule has 0 saturated carbocycles. The third-order valence-electron chi connectivity index (χ3n) is 4.83. The third kappa shape index (κ3) is 6.39. The summed E-state index contributed by atoms with van der Waals surface area (Å²) in [6.45, 7) is 6.82. The summed E-state index contributed by atoms with van der Waals surface area (Å²) in [6, 6.07) is 7.59. The van der Waals surface area contributed by atoms with Crippen molar-refractivity contribution in [3.8, 4) is 28.5 Å². The summed E-state index contributed by atoms with van der Waals surface area (Å²) in [7, 11) is 0. The number of H-pyrrole nitrogens is 1. The molecule has 8 nitrogen and oxygen atoms in total. The quantitative estimate of drug-likeness (QED) is 0.418. The molecule has 2 aromatic heterocycles. The molecule has 0 atom stereocenters. The van der Waals surface area contributed by atoms with E-state index in [1.54, 1.807) is 26.0 Å². The van der Waals surface area contributed by atoms with E-state index in [-0.39, 0.29) is 46.0 Å². The van der Waals surface area contributed by atoms with Gasteiger partial charge in [-0.05, 0) is 25.1 Å². The van der Waals surface area contributed by atoms with Crippen LogP contribution in [0.15, 0.2) is 41.3 Å². The second-order valence-electron chi connectivity index (χ2n) is 7.67. The van der Waals surface area contributed by atoms with Crippen molar-refractivity contribution < 1.29 is 18.7 Å². The van der Waals surface area contributed by atoms with Crippen molar-refractivity contribution in [1.82, 2.24) is 20.3 Å². The van der Waals surface area contributed by atoms with Gasteiger partial charge in [-0.2, -0.15) is 0 Å². The number of carbonyl (C=O) groups excluding carboxylic acids is 1. The van der Waals surface area contributed by atoms with E-state index in [1.807, 2.05) is 6.92 Å². The number of benzene rings is 1. The van der Waals surface area contributed by atoms with Gasteiger partial charge < -0.3 is 19.8 Å². The molecular formula is C24H26ClFN4O4. The van der Waals surface area contributed by atoms with Crippen molar-refractivity contribution in [3.63, 3.8) is 0 Å². The van der Waals surface area contributed by atoms with Crippen molar-refractivity contribution in [1.29, 1.82) is 0 Å². The van der Waals surface area contributed by atoms with Crippen LogP contribution < -0.4 is 15.6 Å². The Morgan fingerprint density at radius 2 is 2.00 bits per heavy atom. The fourth-order valence-corrected chi connectivity index (χ4v) is 3.26. The van der Waals surface area contributed by atoms with Crippen LogP contribution in [-0.4, -0.2) is 40.7 Å². The van der Waals surface area contributed by atoms with Crippen molar-refractivity contribution in [3.05, 3.63) is 63.3 Å². The van der Waals surface area contributed by atoms with Gasteiger partial charge in [-0.1, -0.05) is 31.5 Å². The third-order valence-corrected chi connectivity index (χ3v) is 5.14. The number of nitrogens with one attached hydrogen (secondary N) is 2. The fourth-order valence-electron chi connectivity index (χ4n) is 3.02. The summed E-state index contributed by atoms with van der Waals surface area (Å²) in [5.74, 6) is -0.623. The minimum Gasteiger partial charge on any atom is -0.490 e. The van der Waals surface area contributed by atoms with Crippen LogP contribution >= 0.6 is 11.6 Å². The summed E-state index contributed by atoms with van der Waals surface area (Å²) in [5.41, 5.74) is 0.309. The van der Waals surface area contributed by atoms with E-state index in [1.165, 1.54) is 24.4 Å². The summed E-state index contributed by atoms with van der Waals surface area (Å²) in [4.78, 5) is 35.4. The van der Waals surface area contributed by atoms with Crippen LogP contribution in [0, 0.1) is 11.7 Å². The summed E-state index contributed by atoms with van der Waals surface area (Å²) in [6.07, 6.45) is 1.51. The largest absolute Gasteiger partial charge is 0.490 e. The van der Waals surface area contributed by atoms with E-state index in [4.69, 9.17) is 21.1 Å². The lowest BCUT2D eigenvalue weighted by molar-refractivity contribution is -0.124. The number of pyridine rings is 1. The lowest BCUT2D eigenvalue weighted by Crippen LogP contribution is -2.27. The summed E-state index contributed by atoms with van der Waals surface area (Å²) >= 11 is 6.26. The van der Waals surface area contributed by atoms with Gasteiger partial charge in [0.1, 0.15) is 24.0 Å². The van der Waals surface area contributed by atoms with Gasteiger partial charge in [-0.25, -0.2) is 9.37 Å². The summed E-state index contributed by atoms with van der Waals surface area (Å²) in [5, 5.41) is 2.74. The highest BCUT2D eigenvalue weighted by atomic mass is 35.5. The second-order valence-corrected chi connectivity index (χ2v) is 8.08. The van der Waals surface area contributed by atoms with E-state index >= 15 is 4.39 Å². The Morgan fingerprint density at radius 1 is 1.21 bits per heavy atom. The number of hydrogen-bond donors (Lipinski definition) is 2. The zero-order chi connectivity index (χ0) is 24.7. The van der Waals surface area contributed by atoms with Crippen LogP contribution in [0.5, 0.6) is 5.75 Å². The van der Waals surface area contributed by atoms with Gasteiger partial charge >= 0.3 is 0 Å². The summed E-state index contributed by atoms with van der Waals surface area (Å²) < 4.78 is 26.1. The molecule has 0 radical (unpaired) electrons. The number of amides is 1. The first-order valence-corrected chi connectivity index (χ1v) is 11.2. The van der Waals surface area contributed by atoms with Crippen LogP contribution in [0.1, 0.15) is 26.3 Å². The molecule has 0 unspecified atom stereocenters. The Balaban J connectivity index is 1.88. The number of hydrogen-bond acceptors (Lipinski definition) is 6.